The Kier molecular flexibility index (Phi) is 9.48. The van der Waals surface area contributed by atoms with Crippen molar-refractivity contribution in [2.24, 2.45) is 0 Å². The summed E-state index contributed by atoms with van der Waals surface area (Å²) in [5, 5.41) is 0.0232. The van der Waals surface area contributed by atoms with Crippen LogP contribution in [0, 0.1) is 0 Å². The molecule has 10 heteroatoms. The fraction of sp³-hybridized carbons (Fsp3) is 0.524. The molecule has 1 saturated heterocycles. The van der Waals surface area contributed by atoms with Gasteiger partial charge < -0.3 is 0 Å². The number of hydrogen-bond acceptors (Lipinski definition) is 9. The molecule has 0 saturated carbocycles. The van der Waals surface area contributed by atoms with E-state index in [1.165, 1.54) is 27.7 Å². The van der Waals surface area contributed by atoms with Crippen LogP contribution in [-0.2, 0) is 48.2 Å². The van der Waals surface area contributed by atoms with Crippen molar-refractivity contribution in [3.8, 4) is 0 Å². The summed E-state index contributed by atoms with van der Waals surface area (Å²) >= 11 is -0.254. The van der Waals surface area contributed by atoms with E-state index in [2.05, 4.69) is 0 Å². The molecule has 1 aliphatic heterocycles. The molecule has 0 amide bonds. The van der Waals surface area contributed by atoms with Crippen LogP contribution < -0.4 is 0 Å². The standard InChI is InChI=1S/C21H26O9Se/c1-12(22)26-10-17-18(27-13(2)23)19(28-14(3)24)20(29-15(4)25)21(30-17)31-11-16-8-6-5-7-9-16/h5-9,17-21H,10-11H2,1-4H3/t17-,18-,19+,20-,21-/m1/s1. The molecule has 5 atom stereocenters. The van der Waals surface area contributed by atoms with Crippen LogP contribution in [0.3, 0.4) is 0 Å². The summed E-state index contributed by atoms with van der Waals surface area (Å²) in [5.41, 5.74) is 1.07. The zero-order chi connectivity index (χ0) is 23.0. The van der Waals surface area contributed by atoms with Crippen LogP contribution >= 0.6 is 0 Å². The molecule has 0 aromatic heterocycles. The van der Waals surface area contributed by atoms with Gasteiger partial charge in [0, 0.05) is 0 Å². The van der Waals surface area contributed by atoms with Crippen LogP contribution in [0.15, 0.2) is 30.3 Å². The normalized spacial score (nSPS) is 25.2. The average Bonchev–Trinajstić information content (AvgIpc) is 2.68. The van der Waals surface area contributed by atoms with Gasteiger partial charge >= 0.3 is 187 Å². The quantitative estimate of drug-likeness (QED) is 0.292. The summed E-state index contributed by atoms with van der Waals surface area (Å²) in [6.45, 7) is 4.66. The Balaban J connectivity index is 2.35. The Hall–Kier alpha value is -2.42. The molecule has 0 N–H and O–H groups in total. The molecular formula is C21H26O9Se. The van der Waals surface area contributed by atoms with Gasteiger partial charge in [-0.05, 0) is 0 Å². The van der Waals surface area contributed by atoms with Crippen LogP contribution in [0.1, 0.15) is 33.3 Å². The van der Waals surface area contributed by atoms with E-state index in [1.807, 2.05) is 30.3 Å². The second kappa shape index (κ2) is 11.8. The molecule has 1 aromatic rings. The summed E-state index contributed by atoms with van der Waals surface area (Å²) in [6, 6.07) is 9.67. The first-order chi connectivity index (χ1) is 14.7. The Labute approximate surface area is 186 Å². The molecule has 0 bridgehead atoms. The molecule has 9 nitrogen and oxygen atoms in total. The summed E-state index contributed by atoms with van der Waals surface area (Å²) in [4.78, 5) is 46.7. The fourth-order valence-electron chi connectivity index (χ4n) is 3.08. The maximum absolute atomic E-state index is 11.8. The average molecular weight is 501 g/mol. The molecule has 170 valence electrons. The number of ether oxygens (including phenoxy) is 5. The fourth-order valence-corrected chi connectivity index (χ4v) is 5.53. The van der Waals surface area contributed by atoms with E-state index in [4.69, 9.17) is 23.7 Å². The van der Waals surface area contributed by atoms with Crippen molar-refractivity contribution >= 4 is 38.8 Å². The van der Waals surface area contributed by atoms with E-state index in [0.29, 0.717) is 5.32 Å². The van der Waals surface area contributed by atoms with E-state index >= 15 is 0 Å². The number of esters is 4. The summed E-state index contributed by atoms with van der Waals surface area (Å²) < 4.78 is 27.4. The molecular weight excluding hydrogens is 475 g/mol. The van der Waals surface area contributed by atoms with Crippen LogP contribution in [0.5, 0.6) is 0 Å². The number of carbonyl (C=O) groups is 4. The summed E-state index contributed by atoms with van der Waals surface area (Å²) in [5.74, 6) is -2.41. The van der Waals surface area contributed by atoms with Crippen molar-refractivity contribution in [1.82, 2.24) is 0 Å². The van der Waals surface area contributed by atoms with Crippen molar-refractivity contribution in [3.05, 3.63) is 35.9 Å². The van der Waals surface area contributed by atoms with Gasteiger partial charge in [-0.2, -0.15) is 0 Å². The van der Waals surface area contributed by atoms with Gasteiger partial charge in [0.1, 0.15) is 0 Å². The van der Waals surface area contributed by atoms with Crippen LogP contribution in [0.25, 0.3) is 0 Å². The van der Waals surface area contributed by atoms with Gasteiger partial charge in [-0.25, -0.2) is 0 Å². The number of benzene rings is 1. The van der Waals surface area contributed by atoms with Crippen LogP contribution in [-0.4, -0.2) is 74.9 Å². The van der Waals surface area contributed by atoms with Gasteiger partial charge in [-0.3, -0.25) is 0 Å². The molecule has 1 fully saturated rings. The number of carbonyl (C=O) groups excluding carboxylic acids is 4. The van der Waals surface area contributed by atoms with Crippen molar-refractivity contribution in [2.45, 2.75) is 62.4 Å². The molecule has 0 spiro atoms. The SMILES string of the molecule is CC(=O)OC[C@H]1O[C@H]([Se]Cc2ccccc2)[C@H](OC(C)=O)[C@@H](OC(C)=O)[C@@H]1OC(C)=O. The Morgan fingerprint density at radius 3 is 1.90 bits per heavy atom. The summed E-state index contributed by atoms with van der Waals surface area (Å²) in [6.07, 6.45) is -4.11. The number of hydrogen-bond donors (Lipinski definition) is 0. The Bertz CT molecular complexity index is 782. The second-order valence-corrected chi connectivity index (χ2v) is 9.14. The van der Waals surface area contributed by atoms with Crippen LogP contribution in [0.2, 0.25) is 0 Å². The molecule has 1 aromatic carbocycles. The Morgan fingerprint density at radius 1 is 0.806 bits per heavy atom. The molecule has 1 heterocycles. The van der Waals surface area contributed by atoms with E-state index in [9.17, 15) is 19.2 Å². The Morgan fingerprint density at radius 2 is 1.35 bits per heavy atom. The van der Waals surface area contributed by atoms with E-state index < -0.39 is 53.3 Å². The third-order valence-corrected chi connectivity index (χ3v) is 6.74. The van der Waals surface area contributed by atoms with E-state index in [-0.39, 0.29) is 21.6 Å². The monoisotopic (exact) mass is 502 g/mol. The molecule has 2 rings (SSSR count). The first-order valence-corrected chi connectivity index (χ1v) is 11.8. The van der Waals surface area contributed by atoms with E-state index in [0.717, 1.165) is 5.56 Å². The van der Waals surface area contributed by atoms with Crippen molar-refractivity contribution in [3.63, 3.8) is 0 Å². The molecule has 0 aliphatic carbocycles. The molecule has 31 heavy (non-hydrogen) atoms. The van der Waals surface area contributed by atoms with Crippen molar-refractivity contribution < 1.29 is 42.9 Å². The van der Waals surface area contributed by atoms with Gasteiger partial charge in [0.05, 0.1) is 0 Å². The number of rotatable bonds is 8. The predicted octanol–water partition coefficient (Wildman–Crippen LogP) is 0.974. The van der Waals surface area contributed by atoms with Gasteiger partial charge in [-0.15, -0.1) is 0 Å². The topological polar surface area (TPSA) is 114 Å². The molecule has 0 unspecified atom stereocenters. The first kappa shape index (κ1) is 24.8. The second-order valence-electron chi connectivity index (χ2n) is 6.86. The third kappa shape index (κ3) is 7.97. The predicted molar refractivity (Wildman–Crippen MR) is 108 cm³/mol. The van der Waals surface area contributed by atoms with Gasteiger partial charge in [0.25, 0.3) is 0 Å². The minimum atomic E-state index is -1.12. The van der Waals surface area contributed by atoms with Gasteiger partial charge in [-0.1, -0.05) is 0 Å². The maximum atomic E-state index is 11.8. The van der Waals surface area contributed by atoms with Crippen molar-refractivity contribution in [1.29, 1.82) is 0 Å². The molecule has 0 radical (unpaired) electrons. The minimum absolute atomic E-state index is 0.213. The summed E-state index contributed by atoms with van der Waals surface area (Å²) in [7, 11) is 0. The molecule has 1 aliphatic rings. The van der Waals surface area contributed by atoms with E-state index in [1.54, 1.807) is 0 Å². The zero-order valence-electron chi connectivity index (χ0n) is 17.8. The third-order valence-electron chi connectivity index (χ3n) is 4.21. The van der Waals surface area contributed by atoms with Crippen LogP contribution in [0.4, 0.5) is 0 Å². The van der Waals surface area contributed by atoms with Gasteiger partial charge in [0.15, 0.2) is 0 Å². The zero-order valence-corrected chi connectivity index (χ0v) is 19.5. The van der Waals surface area contributed by atoms with Crippen molar-refractivity contribution in [2.75, 3.05) is 6.61 Å². The first-order valence-electron chi connectivity index (χ1n) is 9.63. The van der Waals surface area contributed by atoms with Gasteiger partial charge in [0.2, 0.25) is 0 Å².